The van der Waals surface area contributed by atoms with Gasteiger partial charge in [0, 0.05) is 12.6 Å². The minimum atomic E-state index is -0.566. The summed E-state index contributed by atoms with van der Waals surface area (Å²) < 4.78 is 12.4. The number of amides is 1. The van der Waals surface area contributed by atoms with E-state index in [9.17, 15) is 9.59 Å². The third kappa shape index (κ3) is 4.52. The predicted octanol–water partition coefficient (Wildman–Crippen LogP) is 3.22. The van der Waals surface area contributed by atoms with Gasteiger partial charge in [-0.15, -0.1) is 0 Å². The van der Waals surface area contributed by atoms with E-state index < -0.39 is 5.97 Å². The molecule has 2 heterocycles. The van der Waals surface area contributed by atoms with Gasteiger partial charge >= 0.3 is 5.97 Å². The van der Waals surface area contributed by atoms with Crippen LogP contribution in [0, 0.1) is 0 Å². The lowest BCUT2D eigenvalue weighted by Crippen LogP contribution is -2.45. The highest BCUT2D eigenvalue weighted by Crippen LogP contribution is 2.23. The molecule has 1 aromatic heterocycles. The normalized spacial score (nSPS) is 16.6. The molecule has 0 spiro atoms. The zero-order valence-corrected chi connectivity index (χ0v) is 16.5. The fourth-order valence-electron chi connectivity index (χ4n) is 3.49. The van der Waals surface area contributed by atoms with Gasteiger partial charge in [0.25, 0.3) is 5.91 Å². The second-order valence-corrected chi connectivity index (χ2v) is 6.78. The number of hydrogen-bond acceptors (Lipinski definition) is 5. The highest BCUT2D eigenvalue weighted by atomic mass is 16.5. The summed E-state index contributed by atoms with van der Waals surface area (Å²) in [5.41, 5.74) is 0.862. The molecule has 1 aliphatic rings. The van der Waals surface area contributed by atoms with Gasteiger partial charge in [0.15, 0.2) is 12.4 Å². The number of nitrogens with zero attached hydrogens (tertiary/aromatic N) is 3. The molecule has 7 nitrogen and oxygen atoms in total. The molecule has 0 radical (unpaired) electrons. The maximum absolute atomic E-state index is 12.7. The number of hydrogen-bond donors (Lipinski definition) is 0. The molecule has 1 amide bonds. The Hall–Kier alpha value is -2.83. The van der Waals surface area contributed by atoms with Crippen molar-refractivity contribution in [1.29, 1.82) is 0 Å². The van der Waals surface area contributed by atoms with Crippen molar-refractivity contribution in [2.24, 2.45) is 0 Å². The first-order valence-electron chi connectivity index (χ1n) is 9.88. The first-order chi connectivity index (χ1) is 13.6. The zero-order valence-electron chi connectivity index (χ0n) is 16.5. The summed E-state index contributed by atoms with van der Waals surface area (Å²) >= 11 is 0. The van der Waals surface area contributed by atoms with Gasteiger partial charge in [0.2, 0.25) is 5.69 Å². The molecule has 1 atom stereocenters. The third-order valence-corrected chi connectivity index (χ3v) is 4.94. The van der Waals surface area contributed by atoms with Crippen LogP contribution in [0.15, 0.2) is 36.5 Å². The fourth-order valence-corrected chi connectivity index (χ4v) is 3.49. The number of esters is 1. The van der Waals surface area contributed by atoms with Crippen LogP contribution in [0.3, 0.4) is 0 Å². The number of carbonyl (C=O) groups is 2. The van der Waals surface area contributed by atoms with E-state index in [-0.39, 0.29) is 36.6 Å². The minimum Gasteiger partial charge on any atom is -0.480 e. The predicted molar refractivity (Wildman–Crippen MR) is 105 cm³/mol. The maximum atomic E-state index is 12.7. The van der Waals surface area contributed by atoms with Gasteiger partial charge in [0.05, 0.1) is 18.5 Å². The van der Waals surface area contributed by atoms with Crippen molar-refractivity contribution in [1.82, 2.24) is 14.7 Å². The van der Waals surface area contributed by atoms with Crippen LogP contribution in [0.2, 0.25) is 0 Å². The standard InChI is InChI=1S/C21H27N3O4/c1-3-16-10-8-9-13-23(16)19(25)15-28-18-14-24(17-11-6-5-7-12-17)22-20(18)21(26)27-4-2/h5-7,11-12,14,16H,3-4,8-10,13,15H2,1-2H3. The molecule has 0 saturated carbocycles. The van der Waals surface area contributed by atoms with E-state index in [2.05, 4.69) is 12.0 Å². The molecule has 1 aromatic carbocycles. The summed E-state index contributed by atoms with van der Waals surface area (Å²) in [6, 6.07) is 9.67. The van der Waals surface area contributed by atoms with Crippen LogP contribution in [0.1, 0.15) is 50.0 Å². The Morgan fingerprint density at radius 1 is 1.18 bits per heavy atom. The molecule has 2 aromatic rings. The average molecular weight is 385 g/mol. The molecule has 1 fully saturated rings. The Morgan fingerprint density at radius 2 is 1.96 bits per heavy atom. The van der Waals surface area contributed by atoms with E-state index in [0.29, 0.717) is 0 Å². The van der Waals surface area contributed by atoms with Crippen LogP contribution < -0.4 is 4.74 Å². The Bertz CT molecular complexity index is 803. The zero-order chi connectivity index (χ0) is 19.9. The van der Waals surface area contributed by atoms with Gasteiger partial charge in [-0.05, 0) is 44.7 Å². The van der Waals surface area contributed by atoms with Crippen molar-refractivity contribution >= 4 is 11.9 Å². The Balaban J connectivity index is 1.77. The summed E-state index contributed by atoms with van der Waals surface area (Å²) in [5, 5.41) is 4.31. The van der Waals surface area contributed by atoms with E-state index in [1.807, 2.05) is 35.2 Å². The maximum Gasteiger partial charge on any atom is 0.362 e. The Morgan fingerprint density at radius 3 is 2.68 bits per heavy atom. The largest absolute Gasteiger partial charge is 0.480 e. The first-order valence-corrected chi connectivity index (χ1v) is 9.88. The summed E-state index contributed by atoms with van der Waals surface area (Å²) in [5.74, 6) is -0.376. The molecule has 0 bridgehead atoms. The fraction of sp³-hybridized carbons (Fsp3) is 0.476. The van der Waals surface area contributed by atoms with Crippen molar-refractivity contribution in [3.8, 4) is 11.4 Å². The van der Waals surface area contributed by atoms with E-state index in [1.54, 1.807) is 17.8 Å². The van der Waals surface area contributed by atoms with Gasteiger partial charge in [-0.1, -0.05) is 25.1 Å². The van der Waals surface area contributed by atoms with Crippen molar-refractivity contribution in [3.05, 3.63) is 42.2 Å². The van der Waals surface area contributed by atoms with E-state index in [4.69, 9.17) is 9.47 Å². The summed E-state index contributed by atoms with van der Waals surface area (Å²) in [4.78, 5) is 26.9. The minimum absolute atomic E-state index is 0.0613. The smallest absolute Gasteiger partial charge is 0.362 e. The van der Waals surface area contributed by atoms with E-state index in [0.717, 1.165) is 37.9 Å². The SMILES string of the molecule is CCOC(=O)c1nn(-c2ccccc2)cc1OCC(=O)N1CCCCC1CC. The van der Waals surface area contributed by atoms with Gasteiger partial charge in [-0.3, -0.25) is 4.79 Å². The van der Waals surface area contributed by atoms with Gasteiger partial charge in [-0.25, -0.2) is 9.48 Å². The topological polar surface area (TPSA) is 73.7 Å². The van der Waals surface area contributed by atoms with Gasteiger partial charge in [0.1, 0.15) is 0 Å². The molecule has 1 unspecified atom stereocenters. The summed E-state index contributed by atoms with van der Waals surface area (Å²) in [6.45, 7) is 4.71. The molecule has 28 heavy (non-hydrogen) atoms. The highest BCUT2D eigenvalue weighted by Gasteiger charge is 2.27. The van der Waals surface area contributed by atoms with Crippen LogP contribution in [0.4, 0.5) is 0 Å². The molecule has 150 valence electrons. The molecule has 1 aliphatic heterocycles. The molecule has 1 saturated heterocycles. The molecule has 0 aliphatic carbocycles. The number of aromatic nitrogens is 2. The van der Waals surface area contributed by atoms with Crippen LogP contribution in [-0.4, -0.2) is 52.4 Å². The van der Waals surface area contributed by atoms with Crippen LogP contribution >= 0.6 is 0 Å². The van der Waals surface area contributed by atoms with Gasteiger partial charge in [-0.2, -0.15) is 5.10 Å². The third-order valence-electron chi connectivity index (χ3n) is 4.94. The molecule has 7 heteroatoms. The number of piperidine rings is 1. The van der Waals surface area contributed by atoms with Crippen molar-refractivity contribution in [2.75, 3.05) is 19.8 Å². The number of benzene rings is 1. The first kappa shape index (κ1) is 19.9. The lowest BCUT2D eigenvalue weighted by molar-refractivity contribution is -0.137. The monoisotopic (exact) mass is 385 g/mol. The molecule has 0 N–H and O–H groups in total. The average Bonchev–Trinajstić information content (AvgIpc) is 3.17. The number of para-hydroxylation sites is 1. The highest BCUT2D eigenvalue weighted by molar-refractivity contribution is 5.90. The second kappa shape index (κ2) is 9.39. The lowest BCUT2D eigenvalue weighted by Gasteiger charge is -2.35. The van der Waals surface area contributed by atoms with Crippen LogP contribution in [-0.2, 0) is 9.53 Å². The van der Waals surface area contributed by atoms with E-state index >= 15 is 0 Å². The number of ether oxygens (including phenoxy) is 2. The number of carbonyl (C=O) groups excluding carboxylic acids is 2. The van der Waals surface area contributed by atoms with Crippen LogP contribution in [0.25, 0.3) is 5.69 Å². The van der Waals surface area contributed by atoms with E-state index in [1.165, 1.54) is 0 Å². The quantitative estimate of drug-likeness (QED) is 0.684. The number of likely N-dealkylation sites (tertiary alicyclic amines) is 1. The van der Waals surface area contributed by atoms with Crippen molar-refractivity contribution < 1.29 is 19.1 Å². The lowest BCUT2D eigenvalue weighted by atomic mass is 10.00. The second-order valence-electron chi connectivity index (χ2n) is 6.78. The van der Waals surface area contributed by atoms with Gasteiger partial charge < -0.3 is 14.4 Å². The summed E-state index contributed by atoms with van der Waals surface area (Å²) in [7, 11) is 0. The Labute approximate surface area is 165 Å². The number of rotatable bonds is 7. The summed E-state index contributed by atoms with van der Waals surface area (Å²) in [6.07, 6.45) is 5.75. The van der Waals surface area contributed by atoms with Crippen molar-refractivity contribution in [2.45, 2.75) is 45.6 Å². The molecular formula is C21H27N3O4. The molecule has 3 rings (SSSR count). The van der Waals surface area contributed by atoms with Crippen molar-refractivity contribution in [3.63, 3.8) is 0 Å². The van der Waals surface area contributed by atoms with Crippen LogP contribution in [0.5, 0.6) is 5.75 Å². The Kier molecular flexibility index (Phi) is 6.68. The molecular weight excluding hydrogens is 358 g/mol.